The first-order chi connectivity index (χ1) is 6.50. The van der Waals surface area contributed by atoms with Crippen LogP contribution in [-0.4, -0.2) is 13.3 Å². The Morgan fingerprint density at radius 1 is 1.06 bits per heavy atom. The average molecular weight is 394 g/mol. The van der Waals surface area contributed by atoms with E-state index in [0.717, 1.165) is 3.63 Å². The van der Waals surface area contributed by atoms with Crippen molar-refractivity contribution in [3.8, 4) is 0 Å². The van der Waals surface area contributed by atoms with E-state index in [4.69, 9.17) is 0 Å². The molecular formula is C12H15Cl2GeZr. The van der Waals surface area contributed by atoms with E-state index in [1.54, 1.807) is 40.3 Å². The number of hydrogen-bond donors (Lipinski definition) is 0. The topological polar surface area (TPSA) is 0 Å². The first-order valence-corrected chi connectivity index (χ1v) is 13.8. The molecule has 0 N–H and O–H groups in total. The van der Waals surface area contributed by atoms with Gasteiger partial charge in [0, 0.05) is 0 Å². The van der Waals surface area contributed by atoms with Gasteiger partial charge in [-0.1, -0.05) is 0 Å². The van der Waals surface area contributed by atoms with E-state index < -0.39 is 13.3 Å². The van der Waals surface area contributed by atoms with Crippen LogP contribution in [0.1, 0.15) is 14.8 Å². The molecule has 0 fully saturated rings. The fourth-order valence-corrected chi connectivity index (χ4v) is 7.47. The van der Waals surface area contributed by atoms with Crippen molar-refractivity contribution in [1.29, 1.82) is 0 Å². The zero-order valence-electron chi connectivity index (χ0n) is 9.72. The van der Waals surface area contributed by atoms with Crippen molar-refractivity contribution in [1.82, 2.24) is 0 Å². The summed E-state index contributed by atoms with van der Waals surface area (Å²) < 4.78 is 2.43. The molecule has 0 spiro atoms. The third-order valence-electron chi connectivity index (χ3n) is 2.73. The number of allylic oxidation sites excluding steroid dienone is 1. The minimum atomic E-state index is -1.64. The molecule has 2 rings (SSSR count). The number of rotatable bonds is 1. The molecule has 1 aromatic carbocycles. The van der Waals surface area contributed by atoms with Gasteiger partial charge < -0.3 is 24.8 Å². The Morgan fingerprint density at radius 2 is 1.62 bits per heavy atom. The van der Waals surface area contributed by atoms with Gasteiger partial charge in [-0.15, -0.1) is 0 Å². The van der Waals surface area contributed by atoms with Crippen molar-refractivity contribution >= 4 is 17.7 Å². The van der Waals surface area contributed by atoms with Crippen LogP contribution in [0.5, 0.6) is 0 Å². The molecule has 1 aliphatic rings. The first kappa shape index (κ1) is 17.0. The van der Waals surface area contributed by atoms with Gasteiger partial charge in [-0.2, -0.15) is 0 Å². The molecule has 16 heavy (non-hydrogen) atoms. The molecule has 0 saturated heterocycles. The van der Waals surface area contributed by atoms with Gasteiger partial charge in [0.15, 0.2) is 0 Å². The molecule has 1 unspecified atom stereocenters. The van der Waals surface area contributed by atoms with Crippen LogP contribution in [0.4, 0.5) is 0 Å². The van der Waals surface area contributed by atoms with E-state index in [1.165, 1.54) is 0 Å². The average Bonchev–Trinajstić information content (AvgIpc) is 2.44. The summed E-state index contributed by atoms with van der Waals surface area (Å²) in [4.78, 5) is 0. The standard InChI is InChI=1S/C12H15Ge.2ClH.Zr/c1-13(2,3)12-9-8-10-6-4-5-7-11(10)12;;;/h4-9H,1-3H3;2*1H;/q;;;+2/p-2. The summed E-state index contributed by atoms with van der Waals surface area (Å²) in [5.41, 5.74) is 3.13. The SMILES string of the molecule is [CH3][Ge]([CH3])([CH3])[C]1=C[CH]([Zr+2])c2ccccc21.[Cl-].[Cl-]. The van der Waals surface area contributed by atoms with Crippen LogP contribution in [0.3, 0.4) is 0 Å². The predicted octanol–water partition coefficient (Wildman–Crippen LogP) is -2.44. The van der Waals surface area contributed by atoms with Gasteiger partial charge in [-0.3, -0.25) is 0 Å². The quantitative estimate of drug-likeness (QED) is 0.465. The van der Waals surface area contributed by atoms with E-state index in [1.807, 2.05) is 0 Å². The van der Waals surface area contributed by atoms with Crippen LogP contribution in [0.25, 0.3) is 4.41 Å². The third kappa shape index (κ3) is 3.25. The van der Waals surface area contributed by atoms with Crippen molar-refractivity contribution < 1.29 is 49.5 Å². The summed E-state index contributed by atoms with van der Waals surface area (Å²) in [5.74, 6) is 7.45. The maximum Gasteiger partial charge on any atom is -1.00 e. The molecule has 1 aromatic rings. The maximum absolute atomic E-state index is 2.53. The van der Waals surface area contributed by atoms with Gasteiger partial charge >= 0.3 is 105 Å². The van der Waals surface area contributed by atoms with Gasteiger partial charge in [-0.05, 0) is 0 Å². The number of benzene rings is 1. The molecule has 0 amide bonds. The third-order valence-corrected chi connectivity index (χ3v) is 8.21. The number of hydrogen-bond acceptors (Lipinski definition) is 0. The molecule has 1 aliphatic carbocycles. The van der Waals surface area contributed by atoms with Gasteiger partial charge in [0.05, 0.1) is 0 Å². The summed E-state index contributed by atoms with van der Waals surface area (Å²) in [6.45, 7) is 0. The first-order valence-electron chi connectivity index (χ1n) is 5.03. The second-order valence-corrected chi connectivity index (χ2v) is 17.0. The van der Waals surface area contributed by atoms with Gasteiger partial charge in [0.1, 0.15) is 0 Å². The van der Waals surface area contributed by atoms with Gasteiger partial charge in [-0.25, -0.2) is 0 Å². The Balaban J connectivity index is 0.00000112. The molecule has 0 bridgehead atoms. The van der Waals surface area contributed by atoms with Crippen LogP contribution in [0.15, 0.2) is 30.3 Å². The van der Waals surface area contributed by atoms with Crippen molar-refractivity contribution in [2.75, 3.05) is 0 Å². The van der Waals surface area contributed by atoms with E-state index in [9.17, 15) is 0 Å². The minimum absolute atomic E-state index is 0. The predicted molar refractivity (Wildman–Crippen MR) is 60.5 cm³/mol. The second-order valence-electron chi connectivity index (χ2n) is 4.90. The maximum atomic E-state index is 2.53. The largest absolute Gasteiger partial charge is 1.00 e. The Bertz CT molecular complexity index is 396. The molecule has 0 nitrogen and oxygen atoms in total. The van der Waals surface area contributed by atoms with Crippen molar-refractivity contribution in [3.63, 3.8) is 0 Å². The molecule has 85 valence electrons. The van der Waals surface area contributed by atoms with E-state index >= 15 is 0 Å². The minimum Gasteiger partial charge on any atom is -1.00 e. The molecule has 0 saturated carbocycles. The van der Waals surface area contributed by atoms with Crippen LogP contribution >= 0.6 is 0 Å². The summed E-state index contributed by atoms with van der Waals surface area (Å²) in [6, 6.07) is 8.95. The zero-order chi connectivity index (χ0) is 10.3. The molecule has 0 heterocycles. The Morgan fingerprint density at radius 3 is 2.19 bits per heavy atom. The smallest absolute Gasteiger partial charge is 1.00 e. The monoisotopic (exact) mass is 393 g/mol. The fraction of sp³-hybridized carbons (Fsp3) is 0.333. The van der Waals surface area contributed by atoms with Crippen LogP contribution in [-0.2, 0) is 24.7 Å². The number of halogens is 2. The molecule has 1 atom stereocenters. The van der Waals surface area contributed by atoms with Crippen molar-refractivity contribution in [2.24, 2.45) is 0 Å². The van der Waals surface area contributed by atoms with E-state index in [0.29, 0.717) is 0 Å². The molecule has 4 heteroatoms. The van der Waals surface area contributed by atoms with Crippen molar-refractivity contribution in [3.05, 3.63) is 41.5 Å². The van der Waals surface area contributed by atoms with Gasteiger partial charge in [0.25, 0.3) is 0 Å². The number of fused-ring (bicyclic) bond motifs is 1. The van der Waals surface area contributed by atoms with E-state index in [2.05, 4.69) is 47.6 Å². The Labute approximate surface area is 128 Å². The Kier molecular flexibility index (Phi) is 6.60. The van der Waals surface area contributed by atoms with Crippen LogP contribution in [0.2, 0.25) is 17.3 Å². The molecular weight excluding hydrogens is 379 g/mol. The summed E-state index contributed by atoms with van der Waals surface area (Å²) in [6.07, 6.45) is 2.53. The Hall–Kier alpha value is 0.966. The van der Waals surface area contributed by atoms with Gasteiger partial charge in [0.2, 0.25) is 0 Å². The fourth-order valence-electron chi connectivity index (χ4n) is 2.01. The summed E-state index contributed by atoms with van der Waals surface area (Å²) in [7, 11) is 0. The molecule has 0 aromatic heterocycles. The summed E-state index contributed by atoms with van der Waals surface area (Å²) >= 11 is -0.0143. The van der Waals surface area contributed by atoms with Crippen molar-refractivity contribution in [2.45, 2.75) is 20.9 Å². The second kappa shape index (κ2) is 6.23. The normalized spacial score (nSPS) is 18.1. The zero-order valence-corrected chi connectivity index (χ0v) is 15.8. The van der Waals surface area contributed by atoms with Crippen LogP contribution < -0.4 is 24.8 Å². The molecule has 0 radical (unpaired) electrons. The van der Waals surface area contributed by atoms with E-state index in [-0.39, 0.29) is 24.8 Å². The summed E-state index contributed by atoms with van der Waals surface area (Å²) in [5, 5.41) is 0. The molecule has 0 aliphatic heterocycles. The van der Waals surface area contributed by atoms with Crippen LogP contribution in [0, 0.1) is 0 Å².